The third kappa shape index (κ3) is 2.72. The largest absolute Gasteiger partial charge is 0.337 e. The number of benzene rings is 2. The number of amides is 1. The van der Waals surface area contributed by atoms with Crippen LogP contribution in [0.1, 0.15) is 33.9 Å². The van der Waals surface area contributed by atoms with E-state index in [1.54, 1.807) is 4.90 Å². The van der Waals surface area contributed by atoms with Gasteiger partial charge in [0.2, 0.25) is 6.41 Å². The smallest absolute Gasteiger partial charge is 0.210 e. The molecule has 3 rings (SSSR count). The van der Waals surface area contributed by atoms with Gasteiger partial charge in [-0.3, -0.25) is 9.59 Å². The predicted octanol–water partition coefficient (Wildman–Crippen LogP) is 3.02. The Labute approximate surface area is 124 Å². The lowest BCUT2D eigenvalue weighted by Gasteiger charge is -2.34. The topological polar surface area (TPSA) is 37.4 Å². The highest BCUT2D eigenvalue weighted by Crippen LogP contribution is 2.32. The molecule has 0 fully saturated rings. The lowest BCUT2D eigenvalue weighted by atomic mass is 9.89. The summed E-state index contributed by atoms with van der Waals surface area (Å²) < 4.78 is 0. The quantitative estimate of drug-likeness (QED) is 0.637. The third-order valence-corrected chi connectivity index (χ3v) is 4.06. The number of Topliss-reactive ketones (excluding diaryl/α,β-unsaturated/α-hetero) is 1. The Hall–Kier alpha value is -2.42. The van der Waals surface area contributed by atoms with E-state index in [0.717, 1.165) is 18.4 Å². The van der Waals surface area contributed by atoms with Gasteiger partial charge in [0.15, 0.2) is 5.78 Å². The Morgan fingerprint density at radius 1 is 1.10 bits per heavy atom. The fourth-order valence-electron chi connectivity index (χ4n) is 2.94. The molecule has 1 aliphatic rings. The first-order valence-electron chi connectivity index (χ1n) is 7.16. The van der Waals surface area contributed by atoms with Crippen molar-refractivity contribution in [2.24, 2.45) is 0 Å². The highest BCUT2D eigenvalue weighted by molar-refractivity contribution is 5.96. The van der Waals surface area contributed by atoms with E-state index in [9.17, 15) is 9.59 Å². The monoisotopic (exact) mass is 279 g/mol. The van der Waals surface area contributed by atoms with Gasteiger partial charge in [0.1, 0.15) is 0 Å². The maximum absolute atomic E-state index is 12.4. The second kappa shape index (κ2) is 5.92. The minimum atomic E-state index is -0.153. The van der Waals surface area contributed by atoms with Crippen LogP contribution in [0.4, 0.5) is 0 Å². The van der Waals surface area contributed by atoms with E-state index in [1.807, 2.05) is 48.5 Å². The van der Waals surface area contributed by atoms with E-state index >= 15 is 0 Å². The molecule has 0 saturated heterocycles. The van der Waals surface area contributed by atoms with Crippen LogP contribution < -0.4 is 0 Å². The third-order valence-electron chi connectivity index (χ3n) is 4.06. The molecule has 0 aliphatic carbocycles. The van der Waals surface area contributed by atoms with Gasteiger partial charge in [-0.15, -0.1) is 0 Å². The van der Waals surface area contributed by atoms with E-state index in [1.165, 1.54) is 5.56 Å². The van der Waals surface area contributed by atoms with Gasteiger partial charge in [0, 0.05) is 18.5 Å². The van der Waals surface area contributed by atoms with Gasteiger partial charge in [-0.25, -0.2) is 0 Å². The predicted molar refractivity (Wildman–Crippen MR) is 81.0 cm³/mol. The summed E-state index contributed by atoms with van der Waals surface area (Å²) in [5.74, 6) is 0.0733. The second-order valence-electron chi connectivity index (χ2n) is 5.30. The summed E-state index contributed by atoms with van der Waals surface area (Å²) in [5, 5.41) is 0. The number of nitrogens with zero attached hydrogens (tertiary/aromatic N) is 1. The molecular weight excluding hydrogens is 262 g/mol. The lowest BCUT2D eigenvalue weighted by molar-refractivity contribution is -0.120. The van der Waals surface area contributed by atoms with Gasteiger partial charge in [0.25, 0.3) is 0 Å². The Balaban J connectivity index is 1.89. The van der Waals surface area contributed by atoms with Crippen LogP contribution in [0.3, 0.4) is 0 Å². The molecule has 1 aliphatic heterocycles. The van der Waals surface area contributed by atoms with Crippen molar-refractivity contribution in [3.05, 3.63) is 71.3 Å². The van der Waals surface area contributed by atoms with E-state index in [4.69, 9.17) is 0 Å². The Morgan fingerprint density at radius 3 is 2.57 bits per heavy atom. The highest BCUT2D eigenvalue weighted by atomic mass is 16.1. The van der Waals surface area contributed by atoms with E-state index in [2.05, 4.69) is 6.07 Å². The second-order valence-corrected chi connectivity index (χ2v) is 5.30. The average molecular weight is 279 g/mol. The molecule has 0 N–H and O–H groups in total. The number of hydrogen-bond acceptors (Lipinski definition) is 2. The minimum Gasteiger partial charge on any atom is -0.337 e. The Bertz CT molecular complexity index is 651. The van der Waals surface area contributed by atoms with Gasteiger partial charge in [0.05, 0.1) is 6.04 Å². The maximum Gasteiger partial charge on any atom is 0.210 e. The molecule has 3 heteroatoms. The molecule has 1 amide bonds. The molecule has 2 aromatic carbocycles. The number of fused-ring (bicyclic) bond motifs is 1. The molecule has 0 spiro atoms. The normalized spacial score (nSPS) is 17.1. The van der Waals surface area contributed by atoms with Crippen LogP contribution in [0.25, 0.3) is 0 Å². The zero-order chi connectivity index (χ0) is 14.7. The average Bonchev–Trinajstić information content (AvgIpc) is 2.56. The molecule has 1 atom stereocenters. The highest BCUT2D eigenvalue weighted by Gasteiger charge is 2.28. The van der Waals surface area contributed by atoms with E-state index < -0.39 is 0 Å². The summed E-state index contributed by atoms with van der Waals surface area (Å²) in [4.78, 5) is 25.5. The van der Waals surface area contributed by atoms with Gasteiger partial charge in [-0.2, -0.15) is 0 Å². The minimum absolute atomic E-state index is 0.0733. The van der Waals surface area contributed by atoms with Crippen molar-refractivity contribution in [2.45, 2.75) is 18.9 Å². The number of hydrogen-bond donors (Lipinski definition) is 0. The molecule has 0 radical (unpaired) electrons. The van der Waals surface area contributed by atoms with Crippen molar-refractivity contribution in [3.63, 3.8) is 0 Å². The molecule has 106 valence electrons. The zero-order valence-electron chi connectivity index (χ0n) is 11.7. The van der Waals surface area contributed by atoms with Crippen molar-refractivity contribution in [1.29, 1.82) is 0 Å². The standard InChI is InChI=1S/C18H17NO2/c20-13-19-11-10-14-6-4-5-9-16(14)17(19)12-18(21)15-7-2-1-3-8-15/h1-9,13,17H,10-12H2. The van der Waals surface area contributed by atoms with Gasteiger partial charge in [-0.05, 0) is 17.5 Å². The first-order valence-corrected chi connectivity index (χ1v) is 7.16. The Kier molecular flexibility index (Phi) is 3.82. The number of ketones is 1. The van der Waals surface area contributed by atoms with Crippen molar-refractivity contribution >= 4 is 12.2 Å². The van der Waals surface area contributed by atoms with Crippen LogP contribution in [0.15, 0.2) is 54.6 Å². The summed E-state index contributed by atoms with van der Waals surface area (Å²) in [5.41, 5.74) is 3.04. The fourth-order valence-corrected chi connectivity index (χ4v) is 2.94. The molecule has 0 saturated carbocycles. The van der Waals surface area contributed by atoms with Gasteiger partial charge >= 0.3 is 0 Å². The van der Waals surface area contributed by atoms with Crippen LogP contribution in [0, 0.1) is 0 Å². The van der Waals surface area contributed by atoms with Crippen molar-refractivity contribution in [3.8, 4) is 0 Å². The van der Waals surface area contributed by atoms with E-state index in [-0.39, 0.29) is 11.8 Å². The molecule has 1 unspecified atom stereocenters. The van der Waals surface area contributed by atoms with Crippen LogP contribution in [-0.4, -0.2) is 23.6 Å². The van der Waals surface area contributed by atoms with Crippen LogP contribution in [0.5, 0.6) is 0 Å². The SMILES string of the molecule is O=CN1CCc2ccccc2C1CC(=O)c1ccccc1. The Morgan fingerprint density at radius 2 is 1.81 bits per heavy atom. The summed E-state index contributed by atoms with van der Waals surface area (Å²) in [6, 6.07) is 17.2. The fraction of sp³-hybridized carbons (Fsp3) is 0.222. The number of rotatable bonds is 4. The van der Waals surface area contributed by atoms with Crippen molar-refractivity contribution < 1.29 is 9.59 Å². The van der Waals surface area contributed by atoms with Gasteiger partial charge < -0.3 is 4.90 Å². The van der Waals surface area contributed by atoms with Crippen LogP contribution in [0.2, 0.25) is 0 Å². The molecule has 1 heterocycles. The van der Waals surface area contributed by atoms with Gasteiger partial charge in [-0.1, -0.05) is 54.6 Å². The van der Waals surface area contributed by atoms with Crippen LogP contribution in [-0.2, 0) is 11.2 Å². The first-order chi connectivity index (χ1) is 10.3. The summed E-state index contributed by atoms with van der Waals surface area (Å²) in [7, 11) is 0. The first kappa shape index (κ1) is 13.6. The van der Waals surface area contributed by atoms with E-state index in [0.29, 0.717) is 18.5 Å². The summed E-state index contributed by atoms with van der Waals surface area (Å²) >= 11 is 0. The zero-order valence-corrected chi connectivity index (χ0v) is 11.7. The molecule has 0 aromatic heterocycles. The van der Waals surface area contributed by atoms with Crippen molar-refractivity contribution in [1.82, 2.24) is 4.90 Å². The molecule has 2 aromatic rings. The molecule has 21 heavy (non-hydrogen) atoms. The van der Waals surface area contributed by atoms with Crippen molar-refractivity contribution in [2.75, 3.05) is 6.54 Å². The summed E-state index contributed by atoms with van der Waals surface area (Å²) in [6.07, 6.45) is 2.05. The molecule has 0 bridgehead atoms. The number of carbonyl (C=O) groups is 2. The molecular formula is C18H17NO2. The van der Waals surface area contributed by atoms with Crippen LogP contribution >= 0.6 is 0 Å². The maximum atomic E-state index is 12.4. The molecule has 3 nitrogen and oxygen atoms in total. The summed E-state index contributed by atoms with van der Waals surface area (Å²) in [6.45, 7) is 0.674. The lowest BCUT2D eigenvalue weighted by Crippen LogP contribution is -2.35. The number of carbonyl (C=O) groups excluding carboxylic acids is 2.